The fourth-order valence-corrected chi connectivity index (χ4v) is 2.41. The molecular weight excluding hydrogens is 366 g/mol. The first-order valence-corrected chi connectivity index (χ1v) is 8.41. The van der Waals surface area contributed by atoms with Crippen LogP contribution in [0.4, 0.5) is 11.4 Å². The molecule has 27 heavy (non-hydrogen) atoms. The fraction of sp³-hybridized carbons (Fsp3) is 0.0500. The summed E-state index contributed by atoms with van der Waals surface area (Å²) in [7, 11) is 1.58. The van der Waals surface area contributed by atoms with Crippen LogP contribution in [0.2, 0.25) is 5.15 Å². The standard InChI is InChI=1S/C20H16ClN3O3/c1-27-17-9-7-16(8-10-17)23-19(25)13-2-5-15(6-3-13)24-20(26)14-4-11-18(21)22-12-14/h2-12H,1H3,(H,23,25)(H,24,26). The molecule has 0 fully saturated rings. The largest absolute Gasteiger partial charge is 0.497 e. The van der Waals surface area contributed by atoms with Crippen LogP contribution >= 0.6 is 11.6 Å². The van der Waals surface area contributed by atoms with Gasteiger partial charge in [0.05, 0.1) is 12.7 Å². The number of benzene rings is 2. The Hall–Kier alpha value is -3.38. The van der Waals surface area contributed by atoms with Gasteiger partial charge in [0.15, 0.2) is 0 Å². The topological polar surface area (TPSA) is 80.3 Å². The number of halogens is 1. The van der Waals surface area contributed by atoms with Crippen LogP contribution in [0.3, 0.4) is 0 Å². The zero-order valence-corrected chi connectivity index (χ0v) is 15.2. The van der Waals surface area contributed by atoms with Crippen LogP contribution in [-0.2, 0) is 0 Å². The number of methoxy groups -OCH3 is 1. The number of nitrogens with one attached hydrogen (secondary N) is 2. The van der Waals surface area contributed by atoms with E-state index in [1.165, 1.54) is 6.20 Å². The van der Waals surface area contributed by atoms with Crippen molar-refractivity contribution in [1.82, 2.24) is 4.98 Å². The number of carbonyl (C=O) groups excluding carboxylic acids is 2. The molecule has 3 aromatic rings. The van der Waals surface area contributed by atoms with E-state index in [9.17, 15) is 9.59 Å². The zero-order valence-electron chi connectivity index (χ0n) is 14.4. The molecule has 0 aliphatic carbocycles. The lowest BCUT2D eigenvalue weighted by Crippen LogP contribution is -2.13. The number of carbonyl (C=O) groups is 2. The molecule has 0 saturated heterocycles. The number of pyridine rings is 1. The molecule has 2 amide bonds. The van der Waals surface area contributed by atoms with Gasteiger partial charge in [-0.2, -0.15) is 0 Å². The molecule has 0 bridgehead atoms. The predicted octanol–water partition coefficient (Wildman–Crippen LogP) is 4.25. The zero-order chi connectivity index (χ0) is 19.2. The van der Waals surface area contributed by atoms with E-state index in [0.717, 1.165) is 0 Å². The van der Waals surface area contributed by atoms with Crippen molar-refractivity contribution in [3.63, 3.8) is 0 Å². The minimum absolute atomic E-state index is 0.250. The minimum atomic E-state index is -0.311. The summed E-state index contributed by atoms with van der Waals surface area (Å²) in [6, 6.07) is 16.7. The van der Waals surface area contributed by atoms with Gasteiger partial charge in [-0.3, -0.25) is 9.59 Å². The van der Waals surface area contributed by atoms with E-state index in [0.29, 0.717) is 33.4 Å². The Morgan fingerprint density at radius 3 is 1.85 bits per heavy atom. The molecule has 0 radical (unpaired) electrons. The van der Waals surface area contributed by atoms with E-state index < -0.39 is 0 Å². The van der Waals surface area contributed by atoms with Gasteiger partial charge in [-0.25, -0.2) is 4.98 Å². The maximum absolute atomic E-state index is 12.3. The Balaban J connectivity index is 1.62. The molecular formula is C20H16ClN3O3. The second kappa shape index (κ2) is 8.33. The number of anilines is 2. The van der Waals surface area contributed by atoms with Crippen molar-refractivity contribution in [2.75, 3.05) is 17.7 Å². The quantitative estimate of drug-likeness (QED) is 0.647. The van der Waals surface area contributed by atoms with Gasteiger partial charge in [0.1, 0.15) is 10.9 Å². The van der Waals surface area contributed by atoms with E-state index in [4.69, 9.17) is 16.3 Å². The average molecular weight is 382 g/mol. The van der Waals surface area contributed by atoms with Crippen LogP contribution in [0.15, 0.2) is 66.9 Å². The second-order valence-corrected chi connectivity index (χ2v) is 5.97. The van der Waals surface area contributed by atoms with Crippen LogP contribution in [0.5, 0.6) is 5.75 Å². The summed E-state index contributed by atoms with van der Waals surface area (Å²) in [6.07, 6.45) is 1.40. The monoisotopic (exact) mass is 381 g/mol. The highest BCUT2D eigenvalue weighted by atomic mass is 35.5. The number of aromatic nitrogens is 1. The summed E-state index contributed by atoms with van der Waals surface area (Å²) in [6.45, 7) is 0. The Morgan fingerprint density at radius 2 is 1.33 bits per heavy atom. The molecule has 136 valence electrons. The van der Waals surface area contributed by atoms with Gasteiger partial charge in [0.25, 0.3) is 11.8 Å². The van der Waals surface area contributed by atoms with Gasteiger partial charge in [-0.1, -0.05) is 11.6 Å². The normalized spacial score (nSPS) is 10.1. The number of nitrogens with zero attached hydrogens (tertiary/aromatic N) is 1. The average Bonchev–Trinajstić information content (AvgIpc) is 2.69. The third-order valence-corrected chi connectivity index (χ3v) is 3.97. The molecule has 0 aliphatic heterocycles. The van der Waals surface area contributed by atoms with Crippen molar-refractivity contribution in [1.29, 1.82) is 0 Å². The molecule has 0 spiro atoms. The third kappa shape index (κ3) is 4.83. The molecule has 0 aliphatic rings. The van der Waals surface area contributed by atoms with E-state index in [-0.39, 0.29) is 11.8 Å². The first kappa shape index (κ1) is 18.4. The van der Waals surface area contributed by atoms with Crippen molar-refractivity contribution in [2.24, 2.45) is 0 Å². The smallest absolute Gasteiger partial charge is 0.257 e. The summed E-state index contributed by atoms with van der Waals surface area (Å²) in [5, 5.41) is 5.86. The first-order chi connectivity index (χ1) is 13.0. The van der Waals surface area contributed by atoms with Gasteiger partial charge in [0.2, 0.25) is 0 Å². The van der Waals surface area contributed by atoms with Gasteiger partial charge < -0.3 is 15.4 Å². The summed E-state index contributed by atoms with van der Waals surface area (Å²) in [4.78, 5) is 28.3. The molecule has 1 aromatic heterocycles. The lowest BCUT2D eigenvalue weighted by molar-refractivity contribution is 0.101. The maximum Gasteiger partial charge on any atom is 0.257 e. The van der Waals surface area contributed by atoms with Crippen LogP contribution in [0.25, 0.3) is 0 Å². The molecule has 6 nitrogen and oxygen atoms in total. The van der Waals surface area contributed by atoms with Crippen LogP contribution < -0.4 is 15.4 Å². The first-order valence-electron chi connectivity index (χ1n) is 8.03. The lowest BCUT2D eigenvalue weighted by Gasteiger charge is -2.08. The molecule has 0 unspecified atom stereocenters. The molecule has 2 N–H and O–H groups in total. The highest BCUT2D eigenvalue weighted by Crippen LogP contribution is 2.17. The van der Waals surface area contributed by atoms with Crippen molar-refractivity contribution in [3.8, 4) is 5.75 Å². The molecule has 7 heteroatoms. The Bertz CT molecular complexity index is 940. The van der Waals surface area contributed by atoms with Crippen LogP contribution in [-0.4, -0.2) is 23.9 Å². The number of amides is 2. The van der Waals surface area contributed by atoms with Crippen LogP contribution in [0.1, 0.15) is 20.7 Å². The number of rotatable bonds is 5. The molecule has 3 rings (SSSR count). The van der Waals surface area contributed by atoms with Crippen molar-refractivity contribution in [3.05, 3.63) is 83.1 Å². The Morgan fingerprint density at radius 1 is 0.815 bits per heavy atom. The number of hydrogen-bond donors (Lipinski definition) is 2. The fourth-order valence-electron chi connectivity index (χ4n) is 2.30. The summed E-state index contributed by atoms with van der Waals surface area (Å²) in [5.74, 6) is 0.151. The Labute approximate surface area is 161 Å². The van der Waals surface area contributed by atoms with Crippen LogP contribution in [0, 0.1) is 0 Å². The van der Waals surface area contributed by atoms with Gasteiger partial charge in [-0.15, -0.1) is 0 Å². The third-order valence-electron chi connectivity index (χ3n) is 3.74. The highest BCUT2D eigenvalue weighted by Gasteiger charge is 2.09. The summed E-state index contributed by atoms with van der Waals surface area (Å²) < 4.78 is 5.08. The SMILES string of the molecule is COc1ccc(NC(=O)c2ccc(NC(=O)c3ccc(Cl)nc3)cc2)cc1. The van der Waals surface area contributed by atoms with Crippen molar-refractivity contribution < 1.29 is 14.3 Å². The van der Waals surface area contributed by atoms with E-state index in [1.807, 2.05) is 0 Å². The van der Waals surface area contributed by atoms with Gasteiger partial charge >= 0.3 is 0 Å². The van der Waals surface area contributed by atoms with Gasteiger partial charge in [0, 0.05) is 23.1 Å². The van der Waals surface area contributed by atoms with Crippen molar-refractivity contribution >= 4 is 34.8 Å². The van der Waals surface area contributed by atoms with Gasteiger partial charge in [-0.05, 0) is 60.7 Å². The van der Waals surface area contributed by atoms with Crippen molar-refractivity contribution in [2.45, 2.75) is 0 Å². The molecule has 1 heterocycles. The molecule has 2 aromatic carbocycles. The highest BCUT2D eigenvalue weighted by molar-refractivity contribution is 6.29. The van der Waals surface area contributed by atoms with E-state index in [2.05, 4.69) is 15.6 Å². The molecule has 0 atom stereocenters. The van der Waals surface area contributed by atoms with E-state index in [1.54, 1.807) is 67.8 Å². The maximum atomic E-state index is 12.3. The lowest BCUT2D eigenvalue weighted by atomic mass is 10.1. The number of ether oxygens (including phenoxy) is 1. The Kier molecular flexibility index (Phi) is 5.68. The predicted molar refractivity (Wildman–Crippen MR) is 105 cm³/mol. The summed E-state index contributed by atoms with van der Waals surface area (Å²) >= 11 is 5.71. The molecule has 0 saturated carbocycles. The number of hydrogen-bond acceptors (Lipinski definition) is 4. The van der Waals surface area contributed by atoms with E-state index >= 15 is 0 Å². The second-order valence-electron chi connectivity index (χ2n) is 5.58. The minimum Gasteiger partial charge on any atom is -0.497 e. The summed E-state index contributed by atoms with van der Waals surface area (Å²) in [5.41, 5.74) is 2.09.